The standard InChI is InChI=1S/C16H19ClN2O2/c1-20-16-8-7-12(17)11-14(16)15(19-18)9-10-21-13-5-3-2-4-6-13/h2-8,11,15,19H,9-10,18H2,1H3. The number of hydrogen-bond acceptors (Lipinski definition) is 4. The Bertz CT molecular complexity index is 563. The maximum atomic E-state index is 6.05. The number of nitrogens with two attached hydrogens (primary N) is 1. The zero-order valence-corrected chi connectivity index (χ0v) is 12.6. The molecule has 0 heterocycles. The molecule has 0 saturated carbocycles. The van der Waals surface area contributed by atoms with Crippen LogP contribution >= 0.6 is 11.6 Å². The SMILES string of the molecule is COc1ccc(Cl)cc1C(CCOc1ccccc1)NN. The molecule has 0 amide bonds. The van der Waals surface area contributed by atoms with Crippen LogP contribution in [0.15, 0.2) is 48.5 Å². The van der Waals surface area contributed by atoms with Crippen LogP contribution in [-0.4, -0.2) is 13.7 Å². The molecule has 0 fully saturated rings. The van der Waals surface area contributed by atoms with Gasteiger partial charge in [0, 0.05) is 17.0 Å². The Balaban J connectivity index is 2.01. The van der Waals surface area contributed by atoms with Crippen molar-refractivity contribution in [3.63, 3.8) is 0 Å². The molecule has 0 aromatic heterocycles. The minimum atomic E-state index is -0.0950. The highest BCUT2D eigenvalue weighted by atomic mass is 35.5. The van der Waals surface area contributed by atoms with Crippen molar-refractivity contribution in [1.82, 2.24) is 5.43 Å². The molecule has 1 unspecified atom stereocenters. The molecule has 0 bridgehead atoms. The van der Waals surface area contributed by atoms with Crippen molar-refractivity contribution in [2.75, 3.05) is 13.7 Å². The zero-order valence-electron chi connectivity index (χ0n) is 11.9. The van der Waals surface area contributed by atoms with E-state index >= 15 is 0 Å². The quantitative estimate of drug-likeness (QED) is 0.608. The lowest BCUT2D eigenvalue weighted by Crippen LogP contribution is -2.29. The molecule has 5 heteroatoms. The summed E-state index contributed by atoms with van der Waals surface area (Å²) < 4.78 is 11.0. The first-order valence-corrected chi connectivity index (χ1v) is 7.10. The Morgan fingerprint density at radius 2 is 1.95 bits per heavy atom. The van der Waals surface area contributed by atoms with Gasteiger partial charge in [-0.2, -0.15) is 0 Å². The van der Waals surface area contributed by atoms with E-state index in [4.69, 9.17) is 26.9 Å². The van der Waals surface area contributed by atoms with E-state index in [-0.39, 0.29) is 6.04 Å². The number of halogens is 1. The van der Waals surface area contributed by atoms with Gasteiger partial charge in [-0.05, 0) is 30.3 Å². The van der Waals surface area contributed by atoms with E-state index in [1.54, 1.807) is 13.2 Å². The summed E-state index contributed by atoms with van der Waals surface area (Å²) in [5.74, 6) is 7.24. The van der Waals surface area contributed by atoms with E-state index in [0.717, 1.165) is 17.1 Å². The van der Waals surface area contributed by atoms with Crippen molar-refractivity contribution in [2.45, 2.75) is 12.5 Å². The van der Waals surface area contributed by atoms with Gasteiger partial charge in [-0.1, -0.05) is 29.8 Å². The van der Waals surface area contributed by atoms with Gasteiger partial charge < -0.3 is 9.47 Å². The molecule has 0 saturated heterocycles. The molecule has 3 N–H and O–H groups in total. The number of para-hydroxylation sites is 1. The lowest BCUT2D eigenvalue weighted by molar-refractivity contribution is 0.284. The number of benzene rings is 2. The fraction of sp³-hybridized carbons (Fsp3) is 0.250. The van der Waals surface area contributed by atoms with Gasteiger partial charge in [0.05, 0.1) is 19.8 Å². The number of ether oxygens (including phenoxy) is 2. The molecule has 2 aromatic rings. The van der Waals surface area contributed by atoms with Crippen LogP contribution in [-0.2, 0) is 0 Å². The van der Waals surface area contributed by atoms with E-state index in [2.05, 4.69) is 5.43 Å². The van der Waals surface area contributed by atoms with Crippen molar-refractivity contribution < 1.29 is 9.47 Å². The van der Waals surface area contributed by atoms with Gasteiger partial charge in [-0.25, -0.2) is 0 Å². The molecule has 1 atom stereocenters. The summed E-state index contributed by atoms with van der Waals surface area (Å²) in [5.41, 5.74) is 3.71. The van der Waals surface area contributed by atoms with E-state index in [1.165, 1.54) is 0 Å². The third-order valence-electron chi connectivity index (χ3n) is 3.19. The van der Waals surface area contributed by atoms with Gasteiger partial charge in [0.2, 0.25) is 0 Å². The molecule has 0 aliphatic heterocycles. The van der Waals surface area contributed by atoms with E-state index in [0.29, 0.717) is 18.1 Å². The second-order valence-corrected chi connectivity index (χ2v) is 4.99. The first kappa shape index (κ1) is 15.6. The first-order chi connectivity index (χ1) is 10.2. The maximum Gasteiger partial charge on any atom is 0.123 e. The number of rotatable bonds is 7. The Kier molecular flexibility index (Phi) is 5.87. The summed E-state index contributed by atoms with van der Waals surface area (Å²) in [7, 11) is 1.63. The van der Waals surface area contributed by atoms with Crippen molar-refractivity contribution >= 4 is 11.6 Å². The summed E-state index contributed by atoms with van der Waals surface area (Å²) in [6.07, 6.45) is 0.697. The van der Waals surface area contributed by atoms with E-state index < -0.39 is 0 Å². The average Bonchev–Trinajstić information content (AvgIpc) is 2.52. The predicted octanol–water partition coefficient (Wildman–Crippen LogP) is 3.32. The number of methoxy groups -OCH3 is 1. The molecule has 0 radical (unpaired) electrons. The minimum Gasteiger partial charge on any atom is -0.496 e. The van der Waals surface area contributed by atoms with Crippen LogP contribution in [0.1, 0.15) is 18.0 Å². The summed E-state index contributed by atoms with van der Waals surface area (Å²) in [6.45, 7) is 0.536. The molecule has 2 aromatic carbocycles. The van der Waals surface area contributed by atoms with Crippen LogP contribution in [0, 0.1) is 0 Å². The van der Waals surface area contributed by atoms with Crippen LogP contribution in [0.25, 0.3) is 0 Å². The van der Waals surface area contributed by atoms with Gasteiger partial charge in [-0.15, -0.1) is 0 Å². The minimum absolute atomic E-state index is 0.0950. The average molecular weight is 307 g/mol. The smallest absolute Gasteiger partial charge is 0.123 e. The molecule has 112 valence electrons. The number of nitrogens with one attached hydrogen (secondary N) is 1. The fourth-order valence-corrected chi connectivity index (χ4v) is 2.30. The molecular weight excluding hydrogens is 288 g/mol. The highest BCUT2D eigenvalue weighted by Crippen LogP contribution is 2.29. The van der Waals surface area contributed by atoms with Crippen LogP contribution in [0.5, 0.6) is 11.5 Å². The van der Waals surface area contributed by atoms with E-state index in [9.17, 15) is 0 Å². The topological polar surface area (TPSA) is 56.5 Å². The van der Waals surface area contributed by atoms with Crippen LogP contribution in [0.3, 0.4) is 0 Å². The van der Waals surface area contributed by atoms with Crippen LogP contribution < -0.4 is 20.7 Å². The molecule has 2 rings (SSSR count). The molecule has 0 aliphatic carbocycles. The normalized spacial score (nSPS) is 12.0. The Labute approximate surface area is 129 Å². The van der Waals surface area contributed by atoms with Crippen LogP contribution in [0.4, 0.5) is 0 Å². The second kappa shape index (κ2) is 7.88. The Hall–Kier alpha value is -1.75. The van der Waals surface area contributed by atoms with E-state index in [1.807, 2.05) is 42.5 Å². The van der Waals surface area contributed by atoms with Gasteiger partial charge in [0.1, 0.15) is 11.5 Å². The monoisotopic (exact) mass is 306 g/mol. The summed E-state index contributed by atoms with van der Waals surface area (Å²) in [5, 5.41) is 0.648. The summed E-state index contributed by atoms with van der Waals surface area (Å²) >= 11 is 6.05. The third kappa shape index (κ3) is 4.36. The fourth-order valence-electron chi connectivity index (χ4n) is 2.12. The predicted molar refractivity (Wildman–Crippen MR) is 84.6 cm³/mol. The maximum absolute atomic E-state index is 6.05. The second-order valence-electron chi connectivity index (χ2n) is 4.56. The summed E-state index contributed by atoms with van der Waals surface area (Å²) in [6, 6.07) is 15.1. The lowest BCUT2D eigenvalue weighted by atomic mass is 10.0. The molecule has 0 spiro atoms. The zero-order chi connectivity index (χ0) is 15.1. The Morgan fingerprint density at radius 3 is 2.62 bits per heavy atom. The first-order valence-electron chi connectivity index (χ1n) is 6.72. The van der Waals surface area contributed by atoms with Crippen molar-refractivity contribution in [3.8, 4) is 11.5 Å². The number of hydrogen-bond donors (Lipinski definition) is 2. The highest BCUT2D eigenvalue weighted by Gasteiger charge is 2.15. The Morgan fingerprint density at radius 1 is 1.19 bits per heavy atom. The van der Waals surface area contributed by atoms with Gasteiger partial charge in [-0.3, -0.25) is 11.3 Å². The van der Waals surface area contributed by atoms with Crippen molar-refractivity contribution in [1.29, 1.82) is 0 Å². The van der Waals surface area contributed by atoms with Crippen molar-refractivity contribution in [2.24, 2.45) is 5.84 Å². The largest absolute Gasteiger partial charge is 0.496 e. The lowest BCUT2D eigenvalue weighted by Gasteiger charge is -2.19. The van der Waals surface area contributed by atoms with Crippen LogP contribution in [0.2, 0.25) is 5.02 Å². The van der Waals surface area contributed by atoms with Crippen molar-refractivity contribution in [3.05, 3.63) is 59.1 Å². The molecular formula is C16H19ClN2O2. The van der Waals surface area contributed by atoms with Gasteiger partial charge in [0.15, 0.2) is 0 Å². The molecule has 0 aliphatic rings. The third-order valence-corrected chi connectivity index (χ3v) is 3.42. The number of hydrazine groups is 1. The highest BCUT2D eigenvalue weighted by molar-refractivity contribution is 6.30. The molecule has 4 nitrogen and oxygen atoms in total. The summed E-state index contributed by atoms with van der Waals surface area (Å²) in [4.78, 5) is 0. The molecule has 21 heavy (non-hydrogen) atoms. The van der Waals surface area contributed by atoms with Gasteiger partial charge in [0.25, 0.3) is 0 Å². The van der Waals surface area contributed by atoms with Gasteiger partial charge >= 0.3 is 0 Å².